The Labute approximate surface area is 125 Å². The molecule has 0 aliphatic rings. The minimum atomic E-state index is -0.757. The molecule has 0 aliphatic carbocycles. The summed E-state index contributed by atoms with van der Waals surface area (Å²) in [5.41, 5.74) is 2.09. The third-order valence-electron chi connectivity index (χ3n) is 3.59. The van der Waals surface area contributed by atoms with Crippen molar-refractivity contribution in [1.29, 1.82) is 0 Å². The van der Waals surface area contributed by atoms with Gasteiger partial charge in [-0.2, -0.15) is 0 Å². The van der Waals surface area contributed by atoms with Crippen molar-refractivity contribution < 1.29 is 9.90 Å². The summed E-state index contributed by atoms with van der Waals surface area (Å²) >= 11 is 0. The summed E-state index contributed by atoms with van der Waals surface area (Å²) in [6.45, 7) is 7.61. The molecule has 0 radical (unpaired) electrons. The number of aromatic nitrogens is 1. The van der Waals surface area contributed by atoms with Crippen molar-refractivity contribution in [2.75, 3.05) is 6.54 Å². The average molecular weight is 286 g/mol. The van der Waals surface area contributed by atoms with Gasteiger partial charge in [0.2, 0.25) is 0 Å². The van der Waals surface area contributed by atoms with Crippen molar-refractivity contribution in [2.45, 2.75) is 39.3 Å². The SMILES string of the molecule is CC(C)(C)N(CCC(=O)O)Cc1ccc2ncccc2c1. The van der Waals surface area contributed by atoms with Crippen LogP contribution in [0.3, 0.4) is 0 Å². The molecule has 0 bridgehead atoms. The van der Waals surface area contributed by atoms with Crippen LogP contribution in [0.4, 0.5) is 0 Å². The molecule has 21 heavy (non-hydrogen) atoms. The third kappa shape index (κ3) is 4.26. The summed E-state index contributed by atoms with van der Waals surface area (Å²) in [4.78, 5) is 17.3. The number of carbonyl (C=O) groups is 1. The normalized spacial score (nSPS) is 12.0. The van der Waals surface area contributed by atoms with E-state index in [4.69, 9.17) is 5.11 Å². The number of carboxylic acids is 1. The maximum atomic E-state index is 10.8. The number of benzene rings is 1. The van der Waals surface area contributed by atoms with E-state index >= 15 is 0 Å². The van der Waals surface area contributed by atoms with Gasteiger partial charge in [-0.15, -0.1) is 0 Å². The van der Waals surface area contributed by atoms with Gasteiger partial charge in [-0.3, -0.25) is 14.7 Å². The van der Waals surface area contributed by atoms with Gasteiger partial charge in [-0.1, -0.05) is 12.1 Å². The van der Waals surface area contributed by atoms with Gasteiger partial charge in [0.25, 0.3) is 0 Å². The summed E-state index contributed by atoms with van der Waals surface area (Å²) < 4.78 is 0. The predicted molar refractivity (Wildman–Crippen MR) is 84.2 cm³/mol. The van der Waals surface area contributed by atoms with Crippen molar-refractivity contribution in [3.05, 3.63) is 42.1 Å². The van der Waals surface area contributed by atoms with Crippen LogP contribution >= 0.6 is 0 Å². The van der Waals surface area contributed by atoms with E-state index in [9.17, 15) is 4.79 Å². The number of nitrogens with zero attached hydrogens (tertiary/aromatic N) is 2. The van der Waals surface area contributed by atoms with E-state index in [1.54, 1.807) is 6.20 Å². The summed E-state index contributed by atoms with van der Waals surface area (Å²) in [6, 6.07) is 10.2. The largest absolute Gasteiger partial charge is 0.481 e. The fraction of sp³-hybridized carbons (Fsp3) is 0.412. The molecule has 0 spiro atoms. The van der Waals surface area contributed by atoms with Gasteiger partial charge < -0.3 is 5.11 Å². The van der Waals surface area contributed by atoms with Gasteiger partial charge >= 0.3 is 5.97 Å². The van der Waals surface area contributed by atoms with Crippen molar-refractivity contribution in [2.24, 2.45) is 0 Å². The van der Waals surface area contributed by atoms with Crippen LogP contribution in [0.5, 0.6) is 0 Å². The first-order valence-electron chi connectivity index (χ1n) is 7.17. The van der Waals surface area contributed by atoms with Crippen LogP contribution in [0, 0.1) is 0 Å². The van der Waals surface area contributed by atoms with E-state index < -0.39 is 5.97 Å². The van der Waals surface area contributed by atoms with E-state index in [0.717, 1.165) is 17.4 Å². The van der Waals surface area contributed by atoms with E-state index in [1.807, 2.05) is 18.2 Å². The summed E-state index contributed by atoms with van der Waals surface area (Å²) in [7, 11) is 0. The molecule has 0 unspecified atom stereocenters. The average Bonchev–Trinajstić information content (AvgIpc) is 2.41. The molecule has 4 nitrogen and oxygen atoms in total. The monoisotopic (exact) mass is 286 g/mol. The Bertz CT molecular complexity index is 632. The van der Waals surface area contributed by atoms with Crippen molar-refractivity contribution in [3.8, 4) is 0 Å². The molecule has 0 saturated carbocycles. The van der Waals surface area contributed by atoms with Gasteiger partial charge in [0.05, 0.1) is 11.9 Å². The first kappa shape index (κ1) is 15.4. The number of pyridine rings is 1. The van der Waals surface area contributed by atoms with E-state index in [0.29, 0.717) is 6.54 Å². The Morgan fingerprint density at radius 1 is 1.29 bits per heavy atom. The first-order valence-corrected chi connectivity index (χ1v) is 7.17. The van der Waals surface area contributed by atoms with Gasteiger partial charge in [0.1, 0.15) is 0 Å². The van der Waals surface area contributed by atoms with Crippen LogP contribution < -0.4 is 0 Å². The Morgan fingerprint density at radius 3 is 2.71 bits per heavy atom. The van der Waals surface area contributed by atoms with Crippen LogP contribution in [0.1, 0.15) is 32.8 Å². The van der Waals surface area contributed by atoms with Gasteiger partial charge in [0.15, 0.2) is 0 Å². The zero-order valence-electron chi connectivity index (χ0n) is 12.8. The van der Waals surface area contributed by atoms with Crippen molar-refractivity contribution in [3.63, 3.8) is 0 Å². The fourth-order valence-electron chi connectivity index (χ4n) is 2.33. The highest BCUT2D eigenvalue weighted by atomic mass is 16.4. The second-order valence-corrected chi connectivity index (χ2v) is 6.27. The molecule has 1 heterocycles. The molecule has 1 aromatic carbocycles. The van der Waals surface area contributed by atoms with Crippen LogP contribution in [-0.2, 0) is 11.3 Å². The lowest BCUT2D eigenvalue weighted by molar-refractivity contribution is -0.137. The van der Waals surface area contributed by atoms with E-state index in [-0.39, 0.29) is 12.0 Å². The molecule has 1 aromatic heterocycles. The smallest absolute Gasteiger partial charge is 0.304 e. The molecule has 0 saturated heterocycles. The molecule has 1 N–H and O–H groups in total. The van der Waals surface area contributed by atoms with E-state index in [1.165, 1.54) is 5.56 Å². The number of hydrogen-bond acceptors (Lipinski definition) is 3. The minimum absolute atomic E-state index is 0.0701. The maximum Gasteiger partial charge on any atom is 0.304 e. The Balaban J connectivity index is 2.19. The number of carboxylic acid groups (broad SMARTS) is 1. The molecule has 2 rings (SSSR count). The van der Waals surface area contributed by atoms with E-state index in [2.05, 4.69) is 42.8 Å². The zero-order valence-corrected chi connectivity index (χ0v) is 12.8. The summed E-state index contributed by atoms with van der Waals surface area (Å²) in [6.07, 6.45) is 1.95. The van der Waals surface area contributed by atoms with Gasteiger partial charge in [-0.05, 0) is 44.5 Å². The Kier molecular flexibility index (Phi) is 4.58. The first-order chi connectivity index (χ1) is 9.86. The third-order valence-corrected chi connectivity index (χ3v) is 3.59. The number of hydrogen-bond donors (Lipinski definition) is 1. The molecule has 0 amide bonds. The molecular weight excluding hydrogens is 264 g/mol. The Morgan fingerprint density at radius 2 is 2.05 bits per heavy atom. The number of fused-ring (bicyclic) bond motifs is 1. The lowest BCUT2D eigenvalue weighted by Gasteiger charge is -2.35. The van der Waals surface area contributed by atoms with Crippen molar-refractivity contribution >= 4 is 16.9 Å². The standard InChI is InChI=1S/C17H22N2O2/c1-17(2,3)19(10-8-16(20)21)12-13-6-7-15-14(11-13)5-4-9-18-15/h4-7,9,11H,8,10,12H2,1-3H3,(H,20,21). The van der Waals surface area contributed by atoms with Crippen molar-refractivity contribution in [1.82, 2.24) is 9.88 Å². The number of aliphatic carboxylic acids is 1. The number of rotatable bonds is 5. The quantitative estimate of drug-likeness (QED) is 0.916. The minimum Gasteiger partial charge on any atom is -0.481 e. The maximum absolute atomic E-state index is 10.8. The van der Waals surface area contributed by atoms with Crippen LogP contribution in [0.25, 0.3) is 10.9 Å². The van der Waals surface area contributed by atoms with Crippen LogP contribution in [-0.4, -0.2) is 33.0 Å². The van der Waals surface area contributed by atoms with Crippen LogP contribution in [0.15, 0.2) is 36.5 Å². The van der Waals surface area contributed by atoms with Crippen LogP contribution in [0.2, 0.25) is 0 Å². The lowest BCUT2D eigenvalue weighted by Crippen LogP contribution is -2.42. The fourth-order valence-corrected chi connectivity index (χ4v) is 2.33. The summed E-state index contributed by atoms with van der Waals surface area (Å²) in [5, 5.41) is 10.0. The predicted octanol–water partition coefficient (Wildman–Crippen LogP) is 3.31. The zero-order chi connectivity index (χ0) is 15.5. The molecule has 0 fully saturated rings. The van der Waals surface area contributed by atoms with Gasteiger partial charge in [-0.25, -0.2) is 0 Å². The summed E-state index contributed by atoms with van der Waals surface area (Å²) in [5.74, 6) is -0.757. The molecule has 2 aromatic rings. The second-order valence-electron chi connectivity index (χ2n) is 6.27. The molecule has 0 aliphatic heterocycles. The van der Waals surface area contributed by atoms with Gasteiger partial charge in [0, 0.05) is 30.2 Å². The highest BCUT2D eigenvalue weighted by Crippen LogP contribution is 2.20. The molecule has 112 valence electrons. The highest BCUT2D eigenvalue weighted by molar-refractivity contribution is 5.78. The molecule has 0 atom stereocenters. The molecular formula is C17H22N2O2. The second kappa shape index (κ2) is 6.22. The lowest BCUT2D eigenvalue weighted by atomic mass is 10.0. The molecule has 4 heteroatoms. The Hall–Kier alpha value is -1.94. The highest BCUT2D eigenvalue weighted by Gasteiger charge is 2.22. The topological polar surface area (TPSA) is 53.4 Å².